The molecule has 0 saturated heterocycles. The van der Waals surface area contributed by atoms with Gasteiger partial charge in [0.25, 0.3) is 0 Å². The Kier molecular flexibility index (Phi) is 9.86. The Morgan fingerprint density at radius 3 is 2.44 bits per heavy atom. The van der Waals surface area contributed by atoms with E-state index in [1.54, 1.807) is 12.2 Å². The molecule has 0 aliphatic carbocycles. The van der Waals surface area contributed by atoms with Gasteiger partial charge in [-0.1, -0.05) is 18.2 Å². The van der Waals surface area contributed by atoms with Crippen LogP contribution in [0.3, 0.4) is 0 Å². The largest absolute Gasteiger partial charge is 2.00 e. The summed E-state index contributed by atoms with van der Waals surface area (Å²) in [5, 5.41) is 8.02. The van der Waals surface area contributed by atoms with E-state index in [1.165, 1.54) is 6.08 Å². The zero-order chi connectivity index (χ0) is 6.41. The minimum Gasteiger partial charge on any atom is -1.00 e. The van der Waals surface area contributed by atoms with Gasteiger partial charge in [-0.3, -0.25) is 0 Å². The van der Waals surface area contributed by atoms with Crippen LogP contribution < -0.4 is 0 Å². The molecule has 0 bridgehead atoms. The second-order valence-electron chi connectivity index (χ2n) is 1.22. The number of allylic oxidation sites excluding steroid dienone is 3. The number of hydrogen-bond acceptors (Lipinski definition) is 1. The van der Waals surface area contributed by atoms with Crippen LogP contribution >= 0.6 is 0 Å². The average Bonchev–Trinajstić information content (AvgIpc) is 1.66. The number of carboxylic acids is 1. The van der Waals surface area contributed by atoms with Crippen molar-refractivity contribution < 1.29 is 12.8 Å². The number of carboxylic acid groups (broad SMARTS) is 1. The summed E-state index contributed by atoms with van der Waals surface area (Å²) < 4.78 is 0. The second kappa shape index (κ2) is 7.72. The molecule has 2 nitrogen and oxygen atoms in total. The summed E-state index contributed by atoms with van der Waals surface area (Å²) in [4.78, 5) is 9.75. The third-order valence-electron chi connectivity index (χ3n) is 0.542. The fraction of sp³-hybridized carbons (Fsp3) is 0.167. The van der Waals surface area contributed by atoms with Gasteiger partial charge >= 0.3 is 29.0 Å². The summed E-state index contributed by atoms with van der Waals surface area (Å²) in [7, 11) is 0. The van der Waals surface area contributed by atoms with Crippen LogP contribution in [-0.2, 0) is 4.79 Å². The van der Waals surface area contributed by atoms with E-state index in [4.69, 9.17) is 5.11 Å². The number of hydrogen-bond donors (Lipinski definition) is 1. The van der Waals surface area contributed by atoms with Crippen molar-refractivity contribution in [2.75, 3.05) is 0 Å². The Labute approximate surface area is 73.4 Å². The van der Waals surface area contributed by atoms with E-state index in [1.807, 2.05) is 6.92 Å². The third-order valence-corrected chi connectivity index (χ3v) is 0.542. The summed E-state index contributed by atoms with van der Waals surface area (Å²) >= 11 is 0. The molecular weight excluding hydrogens is 128 g/mol. The van der Waals surface area contributed by atoms with E-state index in [9.17, 15) is 4.79 Å². The van der Waals surface area contributed by atoms with Crippen LogP contribution in [0, 0.1) is 0 Å². The molecule has 0 aliphatic rings. The predicted molar refractivity (Wildman–Crippen MR) is 39.6 cm³/mol. The Balaban J connectivity index is -0.0000000817. The molecule has 0 amide bonds. The van der Waals surface area contributed by atoms with E-state index < -0.39 is 5.97 Å². The van der Waals surface area contributed by atoms with Crippen molar-refractivity contribution in [3.8, 4) is 0 Å². The van der Waals surface area contributed by atoms with Crippen LogP contribution in [0.25, 0.3) is 0 Å². The average molecular weight is 138 g/mol. The normalized spacial score (nSPS) is 9.89. The van der Waals surface area contributed by atoms with E-state index >= 15 is 0 Å². The number of rotatable bonds is 2. The molecule has 48 valence electrons. The molecule has 0 spiro atoms. The fourth-order valence-corrected chi connectivity index (χ4v) is 0.249. The summed E-state index contributed by atoms with van der Waals surface area (Å²) in [6, 6.07) is 0. The van der Waals surface area contributed by atoms with Gasteiger partial charge in [0.15, 0.2) is 0 Å². The van der Waals surface area contributed by atoms with Crippen molar-refractivity contribution in [3.05, 3.63) is 24.3 Å². The molecule has 0 aromatic carbocycles. The zero-order valence-corrected chi connectivity index (χ0v) is 6.79. The van der Waals surface area contributed by atoms with Gasteiger partial charge in [-0.2, -0.15) is 0 Å². The van der Waals surface area contributed by atoms with E-state index in [2.05, 4.69) is 0 Å². The quantitative estimate of drug-likeness (QED) is 0.352. The monoisotopic (exact) mass is 138 g/mol. The Morgan fingerprint density at radius 2 is 2.11 bits per heavy atom. The molecule has 0 aliphatic heterocycles. The van der Waals surface area contributed by atoms with Gasteiger partial charge in [0.2, 0.25) is 0 Å². The molecule has 0 fully saturated rings. The van der Waals surface area contributed by atoms with Crippen LogP contribution in [0.5, 0.6) is 0 Å². The van der Waals surface area contributed by atoms with Crippen LogP contribution in [-0.4, -0.2) is 34.1 Å². The van der Waals surface area contributed by atoms with Gasteiger partial charge in [-0.15, -0.1) is 0 Å². The minimum atomic E-state index is -0.914. The van der Waals surface area contributed by atoms with Crippen molar-refractivity contribution in [1.29, 1.82) is 0 Å². The summed E-state index contributed by atoms with van der Waals surface area (Å²) in [5.41, 5.74) is 0. The van der Waals surface area contributed by atoms with Crippen LogP contribution in [0.1, 0.15) is 9.78 Å². The first-order chi connectivity index (χ1) is 3.77. The molecule has 0 rings (SSSR count). The molecular formula is C6H10MgO2. The topological polar surface area (TPSA) is 37.3 Å². The predicted octanol–water partition coefficient (Wildman–Crippen LogP) is 1.05. The maximum atomic E-state index is 9.75. The van der Waals surface area contributed by atoms with Gasteiger partial charge in [0.1, 0.15) is 0 Å². The van der Waals surface area contributed by atoms with Crippen LogP contribution in [0.4, 0.5) is 0 Å². The van der Waals surface area contributed by atoms with Gasteiger partial charge in [0.05, 0.1) is 0 Å². The molecule has 0 unspecified atom stereocenters. The summed E-state index contributed by atoms with van der Waals surface area (Å²) in [5.74, 6) is -0.914. The maximum Gasteiger partial charge on any atom is 2.00 e. The van der Waals surface area contributed by atoms with Crippen molar-refractivity contribution >= 4 is 29.0 Å². The summed E-state index contributed by atoms with van der Waals surface area (Å²) in [6.07, 6.45) is 5.98. The van der Waals surface area contributed by atoms with Crippen LogP contribution in [0.2, 0.25) is 0 Å². The second-order valence-corrected chi connectivity index (χ2v) is 1.22. The molecule has 0 aromatic rings. The van der Waals surface area contributed by atoms with Crippen molar-refractivity contribution in [3.63, 3.8) is 0 Å². The maximum absolute atomic E-state index is 9.75. The van der Waals surface area contributed by atoms with Crippen LogP contribution in [0.15, 0.2) is 24.3 Å². The number of aliphatic carboxylic acids is 1. The molecule has 0 radical (unpaired) electrons. The molecule has 0 heterocycles. The molecule has 1 N–H and O–H groups in total. The van der Waals surface area contributed by atoms with Crippen molar-refractivity contribution in [1.82, 2.24) is 0 Å². The number of carbonyl (C=O) groups is 1. The first-order valence-corrected chi connectivity index (χ1v) is 2.29. The molecule has 3 heteroatoms. The SMILES string of the molecule is C/C=C/C=C/C(=O)O.[H-].[H-].[Mg+2]. The standard InChI is InChI=1S/C6H8O2.Mg.2H/c1-2-3-4-5-6(7)8;;;/h2-5H,1H3,(H,7,8);;;/q;+2;2*-1/b3-2+,5-4+;;;. The fourth-order valence-electron chi connectivity index (χ4n) is 0.249. The summed E-state index contributed by atoms with van der Waals surface area (Å²) in [6.45, 7) is 1.83. The van der Waals surface area contributed by atoms with E-state index in [0.29, 0.717) is 0 Å². The molecule has 9 heavy (non-hydrogen) atoms. The van der Waals surface area contributed by atoms with Gasteiger partial charge < -0.3 is 7.96 Å². The molecule has 0 saturated carbocycles. The van der Waals surface area contributed by atoms with Crippen molar-refractivity contribution in [2.45, 2.75) is 6.92 Å². The molecule has 0 atom stereocenters. The first-order valence-electron chi connectivity index (χ1n) is 2.29. The Morgan fingerprint density at radius 1 is 1.56 bits per heavy atom. The first kappa shape index (κ1) is 11.5. The van der Waals surface area contributed by atoms with Gasteiger partial charge in [-0.25, -0.2) is 4.79 Å². The minimum absolute atomic E-state index is 0. The van der Waals surface area contributed by atoms with E-state index in [0.717, 1.165) is 6.08 Å². The van der Waals surface area contributed by atoms with E-state index in [-0.39, 0.29) is 25.9 Å². The van der Waals surface area contributed by atoms with Gasteiger partial charge in [0, 0.05) is 6.08 Å². The third kappa shape index (κ3) is 11.3. The Hall–Kier alpha value is -0.284. The molecule has 0 aromatic heterocycles. The van der Waals surface area contributed by atoms with Gasteiger partial charge in [-0.05, 0) is 6.92 Å². The smallest absolute Gasteiger partial charge is 1.00 e. The zero-order valence-electron chi connectivity index (χ0n) is 7.37. The Bertz CT molecular complexity index is 135. The van der Waals surface area contributed by atoms with Crippen molar-refractivity contribution in [2.24, 2.45) is 0 Å².